The second-order valence-electron chi connectivity index (χ2n) is 5.82. The molecule has 0 amide bonds. The van der Waals surface area contributed by atoms with Crippen molar-refractivity contribution in [1.82, 2.24) is 0 Å². The van der Waals surface area contributed by atoms with E-state index in [0.717, 1.165) is 30.3 Å². The van der Waals surface area contributed by atoms with Crippen LogP contribution in [0.3, 0.4) is 0 Å². The summed E-state index contributed by atoms with van der Waals surface area (Å²) in [6.45, 7) is 8.49. The predicted octanol–water partition coefficient (Wildman–Crippen LogP) is 4.52. The molecule has 0 heterocycles. The van der Waals surface area contributed by atoms with Crippen LogP contribution in [-0.2, 0) is 0 Å². The molecule has 0 unspecified atom stereocenters. The van der Waals surface area contributed by atoms with Crippen LogP contribution in [0.5, 0.6) is 11.5 Å². The maximum Gasteiger partial charge on any atom is 0.119 e. The Kier molecular flexibility index (Phi) is 6.13. The second kappa shape index (κ2) is 8.32. The molecule has 3 heteroatoms. The van der Waals surface area contributed by atoms with Crippen molar-refractivity contribution in [2.24, 2.45) is 5.92 Å². The van der Waals surface area contributed by atoms with Crippen LogP contribution in [0, 0.1) is 12.8 Å². The summed E-state index contributed by atoms with van der Waals surface area (Å²) in [6.07, 6.45) is 0. The van der Waals surface area contributed by atoms with E-state index in [1.807, 2.05) is 42.5 Å². The first-order valence-electron chi connectivity index (χ1n) is 7.79. The number of anilines is 1. The Hall–Kier alpha value is -2.16. The largest absolute Gasteiger partial charge is 0.493 e. The minimum atomic E-state index is 0.538. The third-order valence-electron chi connectivity index (χ3n) is 3.13. The van der Waals surface area contributed by atoms with Crippen LogP contribution in [-0.4, -0.2) is 19.8 Å². The lowest BCUT2D eigenvalue weighted by molar-refractivity contribution is 0.271. The van der Waals surface area contributed by atoms with Crippen molar-refractivity contribution in [1.29, 1.82) is 0 Å². The van der Waals surface area contributed by atoms with E-state index in [-0.39, 0.29) is 0 Å². The molecule has 0 fully saturated rings. The minimum absolute atomic E-state index is 0.538. The Morgan fingerprint density at radius 1 is 0.955 bits per heavy atom. The lowest BCUT2D eigenvalue weighted by Gasteiger charge is -2.11. The number of hydrogen-bond acceptors (Lipinski definition) is 3. The summed E-state index contributed by atoms with van der Waals surface area (Å²) in [5, 5.41) is 3.34. The van der Waals surface area contributed by atoms with Gasteiger partial charge in [-0.2, -0.15) is 0 Å². The second-order valence-corrected chi connectivity index (χ2v) is 5.82. The number of aryl methyl sites for hydroxylation is 1. The maximum atomic E-state index is 5.71. The van der Waals surface area contributed by atoms with Crippen molar-refractivity contribution in [2.75, 3.05) is 25.1 Å². The van der Waals surface area contributed by atoms with Crippen molar-refractivity contribution < 1.29 is 9.47 Å². The molecule has 0 saturated heterocycles. The molecule has 118 valence electrons. The fourth-order valence-corrected chi connectivity index (χ4v) is 2.00. The lowest BCUT2D eigenvalue weighted by Crippen LogP contribution is -2.11. The number of nitrogens with one attached hydrogen (secondary N) is 1. The van der Waals surface area contributed by atoms with Crippen LogP contribution >= 0.6 is 0 Å². The monoisotopic (exact) mass is 299 g/mol. The molecule has 0 aromatic heterocycles. The molecule has 0 bridgehead atoms. The van der Waals surface area contributed by atoms with E-state index in [1.54, 1.807) is 0 Å². The summed E-state index contributed by atoms with van der Waals surface area (Å²) in [5.74, 6) is 2.37. The number of benzene rings is 2. The van der Waals surface area contributed by atoms with Gasteiger partial charge in [-0.05, 0) is 54.8 Å². The van der Waals surface area contributed by atoms with Crippen LogP contribution in [0.1, 0.15) is 19.4 Å². The van der Waals surface area contributed by atoms with E-state index in [1.165, 1.54) is 5.56 Å². The predicted molar refractivity (Wildman–Crippen MR) is 91.9 cm³/mol. The molecule has 0 atom stereocenters. The van der Waals surface area contributed by atoms with Crippen LogP contribution < -0.4 is 14.8 Å². The van der Waals surface area contributed by atoms with Crippen LogP contribution in [0.15, 0.2) is 48.5 Å². The van der Waals surface area contributed by atoms with Gasteiger partial charge in [-0.25, -0.2) is 0 Å². The average molecular weight is 299 g/mol. The molecule has 2 rings (SSSR count). The Bertz CT molecular complexity index is 564. The van der Waals surface area contributed by atoms with E-state index in [0.29, 0.717) is 12.5 Å². The fraction of sp³-hybridized carbons (Fsp3) is 0.368. The topological polar surface area (TPSA) is 30.5 Å². The SMILES string of the molecule is Cc1cccc(OCCNc2ccc(OCC(C)C)cc2)c1. The van der Waals surface area contributed by atoms with Gasteiger partial charge in [0.25, 0.3) is 0 Å². The summed E-state index contributed by atoms with van der Waals surface area (Å²) < 4.78 is 11.4. The first kappa shape index (κ1) is 16.2. The Morgan fingerprint density at radius 2 is 1.73 bits per heavy atom. The van der Waals surface area contributed by atoms with Crippen LogP contribution in [0.2, 0.25) is 0 Å². The molecular formula is C19H25NO2. The number of ether oxygens (including phenoxy) is 2. The van der Waals surface area contributed by atoms with E-state index >= 15 is 0 Å². The normalized spacial score (nSPS) is 10.5. The number of rotatable bonds is 8. The Morgan fingerprint density at radius 3 is 2.41 bits per heavy atom. The third-order valence-corrected chi connectivity index (χ3v) is 3.13. The van der Waals surface area contributed by atoms with Crippen molar-refractivity contribution in [3.63, 3.8) is 0 Å². The van der Waals surface area contributed by atoms with Gasteiger partial charge in [-0.15, -0.1) is 0 Å². The van der Waals surface area contributed by atoms with Crippen molar-refractivity contribution in [3.05, 3.63) is 54.1 Å². The van der Waals surface area contributed by atoms with Crippen LogP contribution in [0.4, 0.5) is 5.69 Å². The molecule has 0 saturated carbocycles. The fourth-order valence-electron chi connectivity index (χ4n) is 2.00. The minimum Gasteiger partial charge on any atom is -0.493 e. The smallest absolute Gasteiger partial charge is 0.119 e. The van der Waals surface area contributed by atoms with Crippen molar-refractivity contribution >= 4 is 5.69 Å². The van der Waals surface area contributed by atoms with Gasteiger partial charge in [0.1, 0.15) is 18.1 Å². The van der Waals surface area contributed by atoms with Gasteiger partial charge in [-0.3, -0.25) is 0 Å². The summed E-state index contributed by atoms with van der Waals surface area (Å²) in [7, 11) is 0. The Labute approximate surface area is 133 Å². The summed E-state index contributed by atoms with van der Waals surface area (Å²) in [4.78, 5) is 0. The van der Waals surface area contributed by atoms with E-state index in [2.05, 4.69) is 32.2 Å². The average Bonchev–Trinajstić information content (AvgIpc) is 2.51. The molecule has 0 aliphatic heterocycles. The summed E-state index contributed by atoms with van der Waals surface area (Å²) in [6, 6.07) is 16.1. The summed E-state index contributed by atoms with van der Waals surface area (Å²) in [5.41, 5.74) is 2.28. The van der Waals surface area contributed by atoms with E-state index in [4.69, 9.17) is 9.47 Å². The van der Waals surface area contributed by atoms with Gasteiger partial charge in [0.15, 0.2) is 0 Å². The van der Waals surface area contributed by atoms with E-state index in [9.17, 15) is 0 Å². The molecule has 0 aliphatic rings. The van der Waals surface area contributed by atoms with Crippen molar-refractivity contribution in [3.8, 4) is 11.5 Å². The molecule has 1 N–H and O–H groups in total. The molecule has 2 aromatic carbocycles. The molecule has 0 radical (unpaired) electrons. The summed E-state index contributed by atoms with van der Waals surface area (Å²) >= 11 is 0. The first-order valence-corrected chi connectivity index (χ1v) is 7.79. The zero-order valence-electron chi connectivity index (χ0n) is 13.6. The zero-order valence-corrected chi connectivity index (χ0v) is 13.6. The van der Waals surface area contributed by atoms with E-state index < -0.39 is 0 Å². The molecule has 3 nitrogen and oxygen atoms in total. The van der Waals surface area contributed by atoms with Gasteiger partial charge in [0.2, 0.25) is 0 Å². The first-order chi connectivity index (χ1) is 10.6. The van der Waals surface area contributed by atoms with Gasteiger partial charge < -0.3 is 14.8 Å². The Balaban J connectivity index is 1.70. The molecule has 22 heavy (non-hydrogen) atoms. The lowest BCUT2D eigenvalue weighted by atomic mass is 10.2. The molecule has 0 aliphatic carbocycles. The highest BCUT2D eigenvalue weighted by Gasteiger charge is 1.98. The zero-order chi connectivity index (χ0) is 15.8. The number of hydrogen-bond donors (Lipinski definition) is 1. The molecule has 0 spiro atoms. The standard InChI is InChI=1S/C19H25NO2/c1-15(2)14-22-18-9-7-17(8-10-18)20-11-12-21-19-6-4-5-16(3)13-19/h4-10,13,15,20H,11-12,14H2,1-3H3. The highest BCUT2D eigenvalue weighted by atomic mass is 16.5. The molecule has 2 aromatic rings. The van der Waals surface area contributed by atoms with Crippen LogP contribution in [0.25, 0.3) is 0 Å². The molecular weight excluding hydrogens is 274 g/mol. The van der Waals surface area contributed by atoms with Gasteiger partial charge in [-0.1, -0.05) is 26.0 Å². The van der Waals surface area contributed by atoms with Gasteiger partial charge in [0.05, 0.1) is 6.61 Å². The quantitative estimate of drug-likeness (QED) is 0.727. The maximum absolute atomic E-state index is 5.71. The highest BCUT2D eigenvalue weighted by molar-refractivity contribution is 5.46. The van der Waals surface area contributed by atoms with Gasteiger partial charge in [0, 0.05) is 12.2 Å². The third kappa shape index (κ3) is 5.68. The highest BCUT2D eigenvalue weighted by Crippen LogP contribution is 2.16. The van der Waals surface area contributed by atoms with Crippen molar-refractivity contribution in [2.45, 2.75) is 20.8 Å². The van der Waals surface area contributed by atoms with Gasteiger partial charge >= 0.3 is 0 Å².